The minimum absolute atomic E-state index is 0.00655. The Morgan fingerprint density at radius 3 is 3.00 bits per heavy atom. The lowest BCUT2D eigenvalue weighted by atomic mass is 10.2. The molecule has 0 N–H and O–H groups in total. The Morgan fingerprint density at radius 2 is 2.33 bits per heavy atom. The molecule has 1 rings (SSSR count). The minimum atomic E-state index is -0.00655. The van der Waals surface area contributed by atoms with Crippen molar-refractivity contribution in [2.75, 3.05) is 6.61 Å². The Labute approximate surface area is 94.2 Å². The van der Waals surface area contributed by atoms with Gasteiger partial charge in [-0.2, -0.15) is 0 Å². The summed E-state index contributed by atoms with van der Waals surface area (Å²) in [5, 5.41) is 0.587. The van der Waals surface area contributed by atoms with Crippen molar-refractivity contribution < 1.29 is 9.53 Å². The van der Waals surface area contributed by atoms with E-state index in [0.29, 0.717) is 23.6 Å². The fourth-order valence-corrected chi connectivity index (χ4v) is 1.18. The number of hydrogen-bond acceptors (Lipinski definition) is 2. The quantitative estimate of drug-likeness (QED) is 0.716. The highest BCUT2D eigenvalue weighted by atomic mass is 35.5. The monoisotopic (exact) mass is 222 g/mol. The van der Waals surface area contributed by atoms with Gasteiger partial charge >= 0.3 is 0 Å². The number of benzene rings is 1. The van der Waals surface area contributed by atoms with Gasteiger partial charge in [0.15, 0.2) is 5.78 Å². The summed E-state index contributed by atoms with van der Waals surface area (Å²) in [5.41, 5.74) is 0. The van der Waals surface area contributed by atoms with E-state index in [1.807, 2.05) is 0 Å². The molecule has 0 bridgehead atoms. The van der Waals surface area contributed by atoms with Crippen molar-refractivity contribution in [1.29, 1.82) is 0 Å². The van der Waals surface area contributed by atoms with E-state index >= 15 is 0 Å². The van der Waals surface area contributed by atoms with Crippen LogP contribution in [0.1, 0.15) is 12.8 Å². The largest absolute Gasteiger partial charge is 0.486 e. The topological polar surface area (TPSA) is 26.3 Å². The van der Waals surface area contributed by atoms with Crippen molar-refractivity contribution in [3.8, 4) is 18.1 Å². The van der Waals surface area contributed by atoms with E-state index in [2.05, 4.69) is 5.92 Å². The first-order chi connectivity index (χ1) is 7.22. The lowest BCUT2D eigenvalue weighted by Gasteiger charge is -2.04. The normalized spacial score (nSPS) is 9.33. The average molecular weight is 223 g/mol. The summed E-state index contributed by atoms with van der Waals surface area (Å²) >= 11 is 5.75. The molecule has 0 radical (unpaired) electrons. The Hall–Kier alpha value is -1.46. The second kappa shape index (κ2) is 6.10. The number of terminal acetylenes is 1. The number of hydrogen-bond donors (Lipinski definition) is 0. The zero-order valence-corrected chi connectivity index (χ0v) is 8.96. The van der Waals surface area contributed by atoms with Gasteiger partial charge in [0.05, 0.1) is 0 Å². The molecular formula is C12H11ClO2. The van der Waals surface area contributed by atoms with Crippen LogP contribution in [0.2, 0.25) is 5.02 Å². The predicted octanol–water partition coefficient (Wildman–Crippen LogP) is 2.70. The van der Waals surface area contributed by atoms with E-state index in [0.717, 1.165) is 0 Å². The smallest absolute Gasteiger partial charge is 0.171 e. The molecule has 0 aliphatic heterocycles. The summed E-state index contributed by atoms with van der Waals surface area (Å²) in [4.78, 5) is 11.2. The van der Waals surface area contributed by atoms with E-state index < -0.39 is 0 Å². The van der Waals surface area contributed by atoms with Crippen molar-refractivity contribution in [2.24, 2.45) is 0 Å². The molecule has 1 aromatic rings. The first-order valence-electron chi connectivity index (χ1n) is 4.56. The molecule has 0 aromatic heterocycles. The van der Waals surface area contributed by atoms with E-state index in [9.17, 15) is 4.79 Å². The summed E-state index contributed by atoms with van der Waals surface area (Å²) < 4.78 is 5.24. The van der Waals surface area contributed by atoms with Gasteiger partial charge in [-0.1, -0.05) is 17.7 Å². The molecule has 0 atom stereocenters. The van der Waals surface area contributed by atoms with Crippen molar-refractivity contribution in [2.45, 2.75) is 12.8 Å². The number of carbonyl (C=O) groups is 1. The molecule has 15 heavy (non-hydrogen) atoms. The highest BCUT2D eigenvalue weighted by Gasteiger charge is 2.02. The zero-order valence-electron chi connectivity index (χ0n) is 8.20. The lowest BCUT2D eigenvalue weighted by molar-refractivity contribution is -0.120. The molecule has 0 saturated heterocycles. The lowest BCUT2D eigenvalue weighted by Crippen LogP contribution is -2.10. The maximum absolute atomic E-state index is 11.2. The van der Waals surface area contributed by atoms with E-state index in [1.54, 1.807) is 24.3 Å². The third kappa shape index (κ3) is 4.53. The van der Waals surface area contributed by atoms with Crippen LogP contribution in [-0.2, 0) is 4.79 Å². The fraction of sp³-hybridized carbons (Fsp3) is 0.250. The molecule has 78 valence electrons. The predicted molar refractivity (Wildman–Crippen MR) is 60.0 cm³/mol. The van der Waals surface area contributed by atoms with Crippen LogP contribution < -0.4 is 4.74 Å². The first kappa shape index (κ1) is 11.6. The van der Waals surface area contributed by atoms with Gasteiger partial charge in [0.1, 0.15) is 12.4 Å². The average Bonchev–Trinajstić information content (AvgIpc) is 2.23. The van der Waals surface area contributed by atoms with Crippen LogP contribution in [0.5, 0.6) is 5.75 Å². The molecule has 0 heterocycles. The van der Waals surface area contributed by atoms with Crippen LogP contribution in [0.4, 0.5) is 0 Å². The standard InChI is InChI=1S/C12H11ClO2/c1-2-3-6-11(14)9-15-12-7-4-5-10(13)8-12/h1,4-5,7-8H,3,6,9H2. The molecule has 0 amide bonds. The first-order valence-corrected chi connectivity index (χ1v) is 4.93. The Kier molecular flexibility index (Phi) is 4.73. The van der Waals surface area contributed by atoms with Crippen molar-refractivity contribution in [1.82, 2.24) is 0 Å². The van der Waals surface area contributed by atoms with Gasteiger partial charge in [-0.15, -0.1) is 12.3 Å². The molecule has 0 spiro atoms. The maximum Gasteiger partial charge on any atom is 0.171 e. The summed E-state index contributed by atoms with van der Waals surface area (Å²) in [7, 11) is 0. The van der Waals surface area contributed by atoms with Gasteiger partial charge in [0, 0.05) is 17.9 Å². The highest BCUT2D eigenvalue weighted by molar-refractivity contribution is 6.30. The van der Waals surface area contributed by atoms with E-state index in [-0.39, 0.29) is 12.4 Å². The fourth-order valence-electron chi connectivity index (χ4n) is 1.00. The number of ketones is 1. The molecule has 0 fully saturated rings. The van der Waals surface area contributed by atoms with Crippen molar-refractivity contribution in [3.63, 3.8) is 0 Å². The van der Waals surface area contributed by atoms with Crippen LogP contribution in [0, 0.1) is 12.3 Å². The number of Topliss-reactive ketones (excluding diaryl/α,β-unsaturated/α-hetero) is 1. The van der Waals surface area contributed by atoms with Crippen LogP contribution in [0.3, 0.4) is 0 Å². The van der Waals surface area contributed by atoms with Gasteiger partial charge in [0.25, 0.3) is 0 Å². The van der Waals surface area contributed by atoms with Crippen LogP contribution in [0.25, 0.3) is 0 Å². The summed E-state index contributed by atoms with van der Waals surface area (Å²) in [6, 6.07) is 6.93. The van der Waals surface area contributed by atoms with Gasteiger partial charge in [-0.05, 0) is 18.2 Å². The zero-order chi connectivity index (χ0) is 11.1. The van der Waals surface area contributed by atoms with Crippen molar-refractivity contribution >= 4 is 17.4 Å². The van der Waals surface area contributed by atoms with Gasteiger partial charge < -0.3 is 4.74 Å². The van der Waals surface area contributed by atoms with Gasteiger partial charge in [-0.25, -0.2) is 0 Å². The number of halogens is 1. The molecule has 1 aromatic carbocycles. The Morgan fingerprint density at radius 1 is 1.53 bits per heavy atom. The Bertz CT molecular complexity index is 379. The molecule has 0 aliphatic carbocycles. The third-order valence-corrected chi connectivity index (χ3v) is 1.98. The summed E-state index contributed by atoms with van der Waals surface area (Å²) in [6.45, 7) is 0.0437. The molecule has 3 heteroatoms. The van der Waals surface area contributed by atoms with Gasteiger partial charge in [0.2, 0.25) is 0 Å². The molecule has 0 aliphatic rings. The molecule has 2 nitrogen and oxygen atoms in total. The summed E-state index contributed by atoms with van der Waals surface area (Å²) in [5.74, 6) is 3.00. The second-order valence-electron chi connectivity index (χ2n) is 2.99. The summed E-state index contributed by atoms with van der Waals surface area (Å²) in [6.07, 6.45) is 5.86. The van der Waals surface area contributed by atoms with E-state index in [4.69, 9.17) is 22.8 Å². The molecular weight excluding hydrogens is 212 g/mol. The maximum atomic E-state index is 11.2. The Balaban J connectivity index is 2.37. The number of carbonyl (C=O) groups excluding carboxylic acids is 1. The number of ether oxygens (including phenoxy) is 1. The number of rotatable bonds is 5. The molecule has 0 saturated carbocycles. The van der Waals surface area contributed by atoms with Crippen LogP contribution in [0.15, 0.2) is 24.3 Å². The minimum Gasteiger partial charge on any atom is -0.486 e. The van der Waals surface area contributed by atoms with Crippen LogP contribution in [-0.4, -0.2) is 12.4 Å². The van der Waals surface area contributed by atoms with Crippen molar-refractivity contribution in [3.05, 3.63) is 29.3 Å². The van der Waals surface area contributed by atoms with E-state index in [1.165, 1.54) is 0 Å². The molecule has 0 unspecified atom stereocenters. The SMILES string of the molecule is C#CCCC(=O)COc1cccc(Cl)c1. The van der Waals surface area contributed by atoms with Crippen LogP contribution >= 0.6 is 11.6 Å². The van der Waals surface area contributed by atoms with Gasteiger partial charge in [-0.3, -0.25) is 4.79 Å². The third-order valence-electron chi connectivity index (χ3n) is 1.74. The highest BCUT2D eigenvalue weighted by Crippen LogP contribution is 2.16. The second-order valence-corrected chi connectivity index (χ2v) is 3.43.